The summed E-state index contributed by atoms with van der Waals surface area (Å²) >= 11 is 3.39. The Balaban J connectivity index is 2.07. The maximum atomic E-state index is 11.5. The van der Waals surface area contributed by atoms with Crippen LogP contribution in [0, 0.1) is 0 Å². The first kappa shape index (κ1) is 15.6. The van der Waals surface area contributed by atoms with Crippen molar-refractivity contribution in [2.45, 2.75) is 25.3 Å². The summed E-state index contributed by atoms with van der Waals surface area (Å²) in [4.78, 5) is 11.5. The van der Waals surface area contributed by atoms with E-state index in [9.17, 15) is 9.90 Å². The van der Waals surface area contributed by atoms with Gasteiger partial charge in [0, 0.05) is 10.2 Å². The average molecular weight is 348 g/mol. The van der Waals surface area contributed by atoms with Crippen molar-refractivity contribution in [3.63, 3.8) is 0 Å². The van der Waals surface area contributed by atoms with Crippen LogP contribution in [0.15, 0.2) is 59.1 Å². The summed E-state index contributed by atoms with van der Waals surface area (Å²) in [6.07, 6.45) is 0.534. The molecule has 3 nitrogen and oxygen atoms in total. The van der Waals surface area contributed by atoms with E-state index >= 15 is 0 Å². The van der Waals surface area contributed by atoms with Gasteiger partial charge in [0.25, 0.3) is 0 Å². The van der Waals surface area contributed by atoms with Gasteiger partial charge in [-0.25, -0.2) is 4.79 Å². The fourth-order valence-electron chi connectivity index (χ4n) is 2.27. The van der Waals surface area contributed by atoms with Crippen LogP contribution in [-0.4, -0.2) is 17.1 Å². The van der Waals surface area contributed by atoms with E-state index < -0.39 is 12.0 Å². The molecular weight excluding hydrogens is 330 g/mol. The highest BCUT2D eigenvalue weighted by atomic mass is 79.9. The quantitative estimate of drug-likeness (QED) is 0.808. The van der Waals surface area contributed by atoms with Gasteiger partial charge in [0.15, 0.2) is 0 Å². The van der Waals surface area contributed by atoms with Crippen molar-refractivity contribution in [3.8, 4) is 0 Å². The molecular formula is C17H18BrNO2. The van der Waals surface area contributed by atoms with Crippen LogP contribution in [0.4, 0.5) is 5.69 Å². The highest BCUT2D eigenvalue weighted by Gasteiger charge is 2.21. The summed E-state index contributed by atoms with van der Waals surface area (Å²) < 4.78 is 0.924. The minimum Gasteiger partial charge on any atom is -0.480 e. The lowest BCUT2D eigenvalue weighted by Gasteiger charge is -2.20. The number of carbonyl (C=O) groups is 1. The van der Waals surface area contributed by atoms with Crippen molar-refractivity contribution in [1.82, 2.24) is 0 Å². The molecule has 0 spiro atoms. The van der Waals surface area contributed by atoms with Crippen LogP contribution >= 0.6 is 15.9 Å². The fourth-order valence-corrected chi connectivity index (χ4v) is 2.67. The van der Waals surface area contributed by atoms with Crippen LogP contribution in [0.25, 0.3) is 0 Å². The largest absolute Gasteiger partial charge is 0.480 e. The van der Waals surface area contributed by atoms with Gasteiger partial charge >= 0.3 is 5.97 Å². The smallest absolute Gasteiger partial charge is 0.326 e. The second-order valence-electron chi connectivity index (χ2n) is 5.09. The summed E-state index contributed by atoms with van der Waals surface area (Å²) in [5, 5.41) is 12.5. The molecule has 2 aromatic carbocycles. The molecule has 2 unspecified atom stereocenters. The first-order valence-corrected chi connectivity index (χ1v) is 7.65. The van der Waals surface area contributed by atoms with Gasteiger partial charge in [-0.3, -0.25) is 0 Å². The third kappa shape index (κ3) is 4.60. The molecule has 0 aliphatic carbocycles. The molecule has 0 saturated heterocycles. The van der Waals surface area contributed by atoms with Crippen LogP contribution in [0.1, 0.15) is 24.8 Å². The number of carboxylic acid groups (broad SMARTS) is 1. The van der Waals surface area contributed by atoms with Crippen LogP contribution in [0.2, 0.25) is 0 Å². The summed E-state index contributed by atoms with van der Waals surface area (Å²) in [5.74, 6) is -0.662. The van der Waals surface area contributed by atoms with E-state index in [1.807, 2.05) is 61.5 Å². The minimum absolute atomic E-state index is 0.173. The topological polar surface area (TPSA) is 49.3 Å². The summed E-state index contributed by atoms with van der Waals surface area (Å²) in [7, 11) is 0. The van der Waals surface area contributed by atoms with Crippen LogP contribution < -0.4 is 5.32 Å². The van der Waals surface area contributed by atoms with Crippen molar-refractivity contribution in [2.24, 2.45) is 0 Å². The fraction of sp³-hybridized carbons (Fsp3) is 0.235. The van der Waals surface area contributed by atoms with Crippen molar-refractivity contribution >= 4 is 27.6 Å². The second-order valence-corrected chi connectivity index (χ2v) is 6.01. The molecule has 110 valence electrons. The molecule has 0 aromatic heterocycles. The van der Waals surface area contributed by atoms with Gasteiger partial charge in [-0.1, -0.05) is 59.3 Å². The molecule has 2 aromatic rings. The lowest BCUT2D eigenvalue weighted by Crippen LogP contribution is -2.30. The van der Waals surface area contributed by atoms with Crippen LogP contribution in [0.3, 0.4) is 0 Å². The van der Waals surface area contributed by atoms with E-state index in [0.29, 0.717) is 6.42 Å². The normalized spacial score (nSPS) is 13.4. The van der Waals surface area contributed by atoms with E-state index in [1.54, 1.807) is 0 Å². The maximum Gasteiger partial charge on any atom is 0.326 e. The van der Waals surface area contributed by atoms with Crippen molar-refractivity contribution in [2.75, 3.05) is 5.32 Å². The predicted molar refractivity (Wildman–Crippen MR) is 88.7 cm³/mol. The molecule has 0 aliphatic rings. The lowest BCUT2D eigenvalue weighted by atomic mass is 9.94. The Morgan fingerprint density at radius 2 is 1.90 bits per heavy atom. The highest BCUT2D eigenvalue weighted by Crippen LogP contribution is 2.23. The Bertz CT molecular complexity index is 601. The molecule has 0 saturated carbocycles. The SMILES string of the molecule is CC(CC(Nc1cccc(Br)c1)C(=O)O)c1ccccc1. The van der Waals surface area contributed by atoms with Gasteiger partial charge < -0.3 is 10.4 Å². The second kappa shape index (κ2) is 7.27. The third-order valence-electron chi connectivity index (χ3n) is 3.42. The van der Waals surface area contributed by atoms with E-state index in [4.69, 9.17) is 0 Å². The third-order valence-corrected chi connectivity index (χ3v) is 3.91. The van der Waals surface area contributed by atoms with E-state index in [1.165, 1.54) is 0 Å². The summed E-state index contributed by atoms with van der Waals surface area (Å²) in [5.41, 5.74) is 1.96. The highest BCUT2D eigenvalue weighted by molar-refractivity contribution is 9.10. The zero-order chi connectivity index (χ0) is 15.2. The number of nitrogens with one attached hydrogen (secondary N) is 1. The summed E-state index contributed by atoms with van der Waals surface area (Å²) in [6.45, 7) is 2.05. The van der Waals surface area contributed by atoms with Crippen molar-refractivity contribution in [1.29, 1.82) is 0 Å². The number of hydrogen-bond donors (Lipinski definition) is 2. The Labute approximate surface area is 133 Å². The number of carboxylic acids is 1. The molecule has 2 rings (SSSR count). The zero-order valence-electron chi connectivity index (χ0n) is 11.8. The van der Waals surface area contributed by atoms with E-state index in [2.05, 4.69) is 21.2 Å². The first-order valence-electron chi connectivity index (χ1n) is 6.86. The van der Waals surface area contributed by atoms with Crippen LogP contribution in [-0.2, 0) is 4.79 Å². The number of aliphatic carboxylic acids is 1. The van der Waals surface area contributed by atoms with Gasteiger partial charge in [-0.05, 0) is 36.1 Å². The molecule has 4 heteroatoms. The number of rotatable bonds is 6. The van der Waals surface area contributed by atoms with Gasteiger partial charge in [-0.15, -0.1) is 0 Å². The molecule has 0 amide bonds. The Morgan fingerprint density at radius 3 is 2.52 bits per heavy atom. The predicted octanol–water partition coefficient (Wildman–Crippen LogP) is 4.51. The Morgan fingerprint density at radius 1 is 1.19 bits per heavy atom. The maximum absolute atomic E-state index is 11.5. The van der Waals surface area contributed by atoms with Gasteiger partial charge in [0.2, 0.25) is 0 Å². The molecule has 2 atom stereocenters. The minimum atomic E-state index is -0.835. The first-order chi connectivity index (χ1) is 10.1. The molecule has 0 aliphatic heterocycles. The molecule has 2 N–H and O–H groups in total. The number of benzene rings is 2. The Hall–Kier alpha value is -1.81. The average Bonchev–Trinajstić information content (AvgIpc) is 2.47. The summed E-state index contributed by atoms with van der Waals surface area (Å²) in [6, 6.07) is 16.9. The number of halogens is 1. The van der Waals surface area contributed by atoms with Gasteiger partial charge in [0.05, 0.1) is 0 Å². The van der Waals surface area contributed by atoms with Crippen molar-refractivity contribution < 1.29 is 9.90 Å². The van der Waals surface area contributed by atoms with Gasteiger partial charge in [-0.2, -0.15) is 0 Å². The number of hydrogen-bond acceptors (Lipinski definition) is 2. The van der Waals surface area contributed by atoms with Crippen molar-refractivity contribution in [3.05, 3.63) is 64.6 Å². The van der Waals surface area contributed by atoms with E-state index in [-0.39, 0.29) is 5.92 Å². The lowest BCUT2D eigenvalue weighted by molar-refractivity contribution is -0.138. The molecule has 0 heterocycles. The molecule has 0 bridgehead atoms. The van der Waals surface area contributed by atoms with Gasteiger partial charge in [0.1, 0.15) is 6.04 Å². The molecule has 21 heavy (non-hydrogen) atoms. The van der Waals surface area contributed by atoms with Crippen LogP contribution in [0.5, 0.6) is 0 Å². The zero-order valence-corrected chi connectivity index (χ0v) is 13.4. The molecule has 0 radical (unpaired) electrons. The number of anilines is 1. The van der Waals surface area contributed by atoms with E-state index in [0.717, 1.165) is 15.7 Å². The standard InChI is InChI=1S/C17H18BrNO2/c1-12(13-6-3-2-4-7-13)10-16(17(20)21)19-15-9-5-8-14(18)11-15/h2-9,11-12,16,19H,10H2,1H3,(H,20,21). The monoisotopic (exact) mass is 347 g/mol. The Kier molecular flexibility index (Phi) is 5.39. The molecule has 0 fully saturated rings.